The van der Waals surface area contributed by atoms with Crippen molar-refractivity contribution in [1.82, 2.24) is 4.98 Å². The molecule has 1 aromatic heterocycles. The van der Waals surface area contributed by atoms with Crippen LogP contribution in [0.25, 0.3) is 0 Å². The molecule has 2 nitrogen and oxygen atoms in total. The van der Waals surface area contributed by atoms with Crippen LogP contribution in [-0.2, 0) is 0 Å². The maximum atomic E-state index is 9.68. The third-order valence-electron chi connectivity index (χ3n) is 1.68. The zero-order valence-electron chi connectivity index (χ0n) is 7.28. The Morgan fingerprint density at radius 3 is 3.00 bits per heavy atom. The minimum Gasteiger partial charge on any atom is -0.389 e. The Morgan fingerprint density at radius 1 is 1.75 bits per heavy atom. The number of nitrogens with zero attached hydrogens (tertiary/aromatic N) is 1. The molecular formula is C8H13NOS2. The largest absolute Gasteiger partial charge is 0.389 e. The standard InChI is InChI=1S/C8H13NOS2/c1-3-8(2,10)6-12-7-9-4-5-11-7/h4-5,10H,3,6H2,1-2H3. The molecule has 1 heterocycles. The van der Waals surface area contributed by atoms with Gasteiger partial charge in [-0.25, -0.2) is 4.98 Å². The summed E-state index contributed by atoms with van der Waals surface area (Å²) >= 11 is 3.23. The van der Waals surface area contributed by atoms with E-state index in [1.807, 2.05) is 19.2 Å². The van der Waals surface area contributed by atoms with E-state index in [0.29, 0.717) is 0 Å². The lowest BCUT2D eigenvalue weighted by molar-refractivity contribution is 0.0816. The normalized spacial score (nSPS) is 15.9. The molecule has 0 saturated carbocycles. The van der Waals surface area contributed by atoms with E-state index in [-0.39, 0.29) is 0 Å². The summed E-state index contributed by atoms with van der Waals surface area (Å²) in [4.78, 5) is 4.12. The number of thiazole rings is 1. The summed E-state index contributed by atoms with van der Waals surface area (Å²) in [5, 5.41) is 11.6. The summed E-state index contributed by atoms with van der Waals surface area (Å²) in [6, 6.07) is 0. The zero-order valence-corrected chi connectivity index (χ0v) is 8.91. The van der Waals surface area contributed by atoms with Crippen LogP contribution in [0.4, 0.5) is 0 Å². The Hall–Kier alpha value is -0.0600. The average Bonchev–Trinajstić information content (AvgIpc) is 2.53. The van der Waals surface area contributed by atoms with Gasteiger partial charge in [-0.1, -0.05) is 18.7 Å². The monoisotopic (exact) mass is 203 g/mol. The number of thioether (sulfide) groups is 1. The maximum Gasteiger partial charge on any atom is 0.149 e. The molecule has 0 fully saturated rings. The van der Waals surface area contributed by atoms with Crippen LogP contribution in [0.1, 0.15) is 20.3 Å². The minimum atomic E-state index is -0.559. The summed E-state index contributed by atoms with van der Waals surface area (Å²) in [5.41, 5.74) is -0.559. The predicted molar refractivity (Wildman–Crippen MR) is 53.8 cm³/mol. The van der Waals surface area contributed by atoms with E-state index in [1.165, 1.54) is 0 Å². The van der Waals surface area contributed by atoms with Crippen LogP contribution < -0.4 is 0 Å². The lowest BCUT2D eigenvalue weighted by Crippen LogP contribution is -2.25. The van der Waals surface area contributed by atoms with Gasteiger partial charge in [-0.15, -0.1) is 11.3 Å². The fraction of sp³-hybridized carbons (Fsp3) is 0.625. The topological polar surface area (TPSA) is 33.1 Å². The average molecular weight is 203 g/mol. The fourth-order valence-corrected chi connectivity index (χ4v) is 2.35. The molecule has 0 amide bonds. The quantitative estimate of drug-likeness (QED) is 0.763. The fourth-order valence-electron chi connectivity index (χ4n) is 0.601. The van der Waals surface area contributed by atoms with E-state index in [4.69, 9.17) is 0 Å². The van der Waals surface area contributed by atoms with Crippen LogP contribution in [0.5, 0.6) is 0 Å². The van der Waals surface area contributed by atoms with E-state index < -0.39 is 5.60 Å². The van der Waals surface area contributed by atoms with Crippen molar-refractivity contribution < 1.29 is 5.11 Å². The number of aromatic nitrogens is 1. The first-order valence-corrected chi connectivity index (χ1v) is 5.75. The van der Waals surface area contributed by atoms with Crippen molar-refractivity contribution in [3.63, 3.8) is 0 Å². The Kier molecular flexibility index (Phi) is 3.55. The molecule has 68 valence electrons. The summed E-state index contributed by atoms with van der Waals surface area (Å²) in [6.45, 7) is 3.84. The third-order valence-corrected chi connectivity index (χ3v) is 4.00. The summed E-state index contributed by atoms with van der Waals surface area (Å²) in [6.07, 6.45) is 2.57. The van der Waals surface area contributed by atoms with Crippen molar-refractivity contribution in [3.05, 3.63) is 11.6 Å². The van der Waals surface area contributed by atoms with Gasteiger partial charge >= 0.3 is 0 Å². The number of rotatable bonds is 4. The Labute approximate surface area is 81.0 Å². The van der Waals surface area contributed by atoms with Gasteiger partial charge in [0.1, 0.15) is 4.34 Å². The highest BCUT2D eigenvalue weighted by molar-refractivity contribution is 8.01. The van der Waals surface area contributed by atoms with Gasteiger partial charge in [-0.3, -0.25) is 0 Å². The molecule has 1 atom stereocenters. The molecule has 0 spiro atoms. The minimum absolute atomic E-state index is 0.559. The van der Waals surface area contributed by atoms with Gasteiger partial charge in [0, 0.05) is 17.3 Å². The van der Waals surface area contributed by atoms with Crippen molar-refractivity contribution in [2.45, 2.75) is 30.2 Å². The van der Waals surface area contributed by atoms with Gasteiger partial charge in [-0.05, 0) is 13.3 Å². The first-order valence-electron chi connectivity index (χ1n) is 3.89. The molecule has 0 saturated heterocycles. The molecular weight excluding hydrogens is 190 g/mol. The third kappa shape index (κ3) is 3.13. The number of hydrogen-bond acceptors (Lipinski definition) is 4. The van der Waals surface area contributed by atoms with Crippen LogP contribution in [0, 0.1) is 0 Å². The van der Waals surface area contributed by atoms with Crippen molar-refractivity contribution >= 4 is 23.1 Å². The number of aliphatic hydroxyl groups is 1. The second-order valence-electron chi connectivity index (χ2n) is 2.94. The maximum absolute atomic E-state index is 9.68. The zero-order chi connectivity index (χ0) is 9.03. The molecule has 0 aliphatic carbocycles. The summed E-state index contributed by atoms with van der Waals surface area (Å²) in [7, 11) is 0. The molecule has 4 heteroatoms. The van der Waals surface area contributed by atoms with Gasteiger partial charge in [0.2, 0.25) is 0 Å². The lowest BCUT2D eigenvalue weighted by atomic mass is 10.1. The molecule has 0 aliphatic rings. The Bertz CT molecular complexity index is 221. The second-order valence-corrected chi connectivity index (χ2v) is 5.05. The highest BCUT2D eigenvalue weighted by atomic mass is 32.2. The summed E-state index contributed by atoms with van der Waals surface area (Å²) in [5.74, 6) is 0.719. The van der Waals surface area contributed by atoms with Crippen LogP contribution >= 0.6 is 23.1 Å². The van der Waals surface area contributed by atoms with Gasteiger partial charge in [0.05, 0.1) is 5.60 Å². The molecule has 1 rings (SSSR count). The van der Waals surface area contributed by atoms with E-state index in [9.17, 15) is 5.11 Å². The SMILES string of the molecule is CCC(C)(O)CSc1nccs1. The van der Waals surface area contributed by atoms with Crippen LogP contribution in [-0.4, -0.2) is 21.4 Å². The molecule has 0 aromatic carbocycles. The van der Waals surface area contributed by atoms with Crippen molar-refractivity contribution in [2.75, 3.05) is 5.75 Å². The molecule has 0 radical (unpaired) electrons. The smallest absolute Gasteiger partial charge is 0.149 e. The first kappa shape index (κ1) is 10.0. The molecule has 1 N–H and O–H groups in total. The van der Waals surface area contributed by atoms with Crippen molar-refractivity contribution in [1.29, 1.82) is 0 Å². The number of hydrogen-bond donors (Lipinski definition) is 1. The molecule has 0 aliphatic heterocycles. The molecule has 12 heavy (non-hydrogen) atoms. The van der Waals surface area contributed by atoms with Crippen molar-refractivity contribution in [3.8, 4) is 0 Å². The van der Waals surface area contributed by atoms with E-state index in [0.717, 1.165) is 16.5 Å². The van der Waals surface area contributed by atoms with E-state index >= 15 is 0 Å². The van der Waals surface area contributed by atoms with Gasteiger partial charge in [0.25, 0.3) is 0 Å². The lowest BCUT2D eigenvalue weighted by Gasteiger charge is -2.19. The Morgan fingerprint density at radius 2 is 2.50 bits per heavy atom. The highest BCUT2D eigenvalue weighted by Crippen LogP contribution is 2.25. The van der Waals surface area contributed by atoms with E-state index in [2.05, 4.69) is 4.98 Å². The van der Waals surface area contributed by atoms with Crippen molar-refractivity contribution in [2.24, 2.45) is 0 Å². The van der Waals surface area contributed by atoms with Gasteiger partial charge in [-0.2, -0.15) is 0 Å². The van der Waals surface area contributed by atoms with Gasteiger partial charge < -0.3 is 5.11 Å². The molecule has 0 bridgehead atoms. The van der Waals surface area contributed by atoms with Crippen LogP contribution in [0.15, 0.2) is 15.9 Å². The summed E-state index contributed by atoms with van der Waals surface area (Å²) < 4.78 is 1.03. The first-order chi connectivity index (χ1) is 5.64. The Balaban J connectivity index is 2.36. The highest BCUT2D eigenvalue weighted by Gasteiger charge is 2.17. The predicted octanol–water partition coefficient (Wildman–Crippen LogP) is 2.40. The molecule has 1 unspecified atom stereocenters. The van der Waals surface area contributed by atoms with Crippen LogP contribution in [0.3, 0.4) is 0 Å². The van der Waals surface area contributed by atoms with Gasteiger partial charge in [0.15, 0.2) is 0 Å². The van der Waals surface area contributed by atoms with E-state index in [1.54, 1.807) is 29.3 Å². The molecule has 1 aromatic rings. The second kappa shape index (κ2) is 4.25. The van der Waals surface area contributed by atoms with Crippen LogP contribution in [0.2, 0.25) is 0 Å².